The molecule has 0 saturated heterocycles. The van der Waals surface area contributed by atoms with Crippen molar-refractivity contribution in [1.29, 1.82) is 0 Å². The molecule has 0 fully saturated rings. The van der Waals surface area contributed by atoms with Crippen molar-refractivity contribution in [3.63, 3.8) is 0 Å². The lowest BCUT2D eigenvalue weighted by atomic mass is 9.90. The molecule has 33 heavy (non-hydrogen) atoms. The first-order valence-electron chi connectivity index (χ1n) is 15.9. The lowest BCUT2D eigenvalue weighted by molar-refractivity contribution is 0.378. The molecule has 0 spiro atoms. The monoisotopic (exact) mass is 528 g/mol. The Morgan fingerprint density at radius 1 is 0.333 bits per heavy atom. The van der Waals surface area contributed by atoms with Crippen molar-refractivity contribution in [3.05, 3.63) is 0 Å². The molecule has 0 atom stereocenters. The van der Waals surface area contributed by atoms with Gasteiger partial charge >= 0.3 is 0 Å². The van der Waals surface area contributed by atoms with Crippen LogP contribution in [0.2, 0.25) is 0 Å². The van der Waals surface area contributed by atoms with Crippen molar-refractivity contribution in [2.75, 3.05) is 5.33 Å². The van der Waals surface area contributed by atoms with Gasteiger partial charge in [-0.1, -0.05) is 197 Å². The predicted octanol–water partition coefficient (Wildman–Crippen LogP) is 13.0. The molecule has 1 heteroatoms. The fourth-order valence-electron chi connectivity index (χ4n) is 5.35. The highest BCUT2D eigenvalue weighted by atomic mass is 79.9. The lowest BCUT2D eigenvalue weighted by Crippen LogP contribution is -2.02. The van der Waals surface area contributed by atoms with Crippen molar-refractivity contribution in [3.8, 4) is 0 Å². The molecule has 0 nitrogen and oxygen atoms in total. The number of hydrogen-bond donors (Lipinski definition) is 0. The smallest absolute Gasteiger partial charge is 0.00314 e. The molecule has 0 aromatic carbocycles. The molecule has 0 bridgehead atoms. The van der Waals surface area contributed by atoms with Gasteiger partial charge in [0.15, 0.2) is 0 Å². The second-order valence-electron chi connectivity index (χ2n) is 11.1. The summed E-state index contributed by atoms with van der Waals surface area (Å²) in [5.74, 6) is 1.01. The third-order valence-electron chi connectivity index (χ3n) is 7.68. The van der Waals surface area contributed by atoms with E-state index in [2.05, 4.69) is 29.8 Å². The van der Waals surface area contributed by atoms with Gasteiger partial charge in [0.2, 0.25) is 0 Å². The van der Waals surface area contributed by atoms with Gasteiger partial charge in [-0.05, 0) is 18.8 Å². The molecule has 0 radical (unpaired) electrons. The fourth-order valence-corrected chi connectivity index (χ4v) is 5.67. The number of halogens is 1. The molecular weight excluding hydrogens is 464 g/mol. The molecule has 0 unspecified atom stereocenters. The summed E-state index contributed by atoms with van der Waals surface area (Å²) in [5.41, 5.74) is 0. The first kappa shape index (κ1) is 33.5. The molecule has 0 rings (SSSR count). The van der Waals surface area contributed by atoms with E-state index in [9.17, 15) is 0 Å². The minimum absolute atomic E-state index is 1.01. The second-order valence-corrected chi connectivity index (χ2v) is 11.8. The number of rotatable bonds is 29. The Morgan fingerprint density at radius 3 is 0.848 bits per heavy atom. The Balaban J connectivity index is 3.49. The largest absolute Gasteiger partial charge is 0.0928 e. The average Bonchev–Trinajstić information content (AvgIpc) is 2.83. The molecule has 0 amide bonds. The summed E-state index contributed by atoms with van der Waals surface area (Å²) in [6.45, 7) is 4.62. The highest BCUT2D eigenvalue weighted by Gasteiger charge is 2.08. The molecule has 0 aliphatic rings. The average molecular weight is 530 g/mol. The zero-order chi connectivity index (χ0) is 24.1. The Labute approximate surface area is 220 Å². The van der Waals surface area contributed by atoms with Crippen molar-refractivity contribution in [1.82, 2.24) is 0 Å². The van der Waals surface area contributed by atoms with Crippen LogP contribution in [0.15, 0.2) is 0 Å². The van der Waals surface area contributed by atoms with Crippen molar-refractivity contribution < 1.29 is 0 Å². The predicted molar refractivity (Wildman–Crippen MR) is 158 cm³/mol. The summed E-state index contributed by atoms with van der Waals surface area (Å²) in [5, 5.41) is 1.19. The zero-order valence-corrected chi connectivity index (χ0v) is 25.0. The molecule has 0 aromatic rings. The van der Waals surface area contributed by atoms with Gasteiger partial charge in [0.25, 0.3) is 0 Å². The fraction of sp³-hybridized carbons (Fsp3) is 1.00. The van der Waals surface area contributed by atoms with Crippen LogP contribution >= 0.6 is 15.9 Å². The van der Waals surface area contributed by atoms with Gasteiger partial charge in [-0.3, -0.25) is 0 Å². The van der Waals surface area contributed by atoms with Crippen molar-refractivity contribution in [2.24, 2.45) is 5.92 Å². The zero-order valence-electron chi connectivity index (χ0n) is 23.5. The van der Waals surface area contributed by atoms with Crippen LogP contribution in [0.25, 0.3) is 0 Å². The van der Waals surface area contributed by atoms with E-state index >= 15 is 0 Å². The standard InChI is InChI=1S/C32H65Br/c1-3-5-7-9-11-13-15-17-19-21-23-25-28-32(30-27-31-33)29-26-24-22-20-18-16-14-12-10-8-6-4-2/h32H,3-31H2,1-2H3. The quantitative estimate of drug-likeness (QED) is 0.0667. The van der Waals surface area contributed by atoms with Crippen LogP contribution in [-0.2, 0) is 0 Å². The van der Waals surface area contributed by atoms with Crippen LogP contribution in [0, 0.1) is 5.92 Å². The maximum atomic E-state index is 3.66. The molecule has 200 valence electrons. The Bertz CT molecular complexity index is 298. The van der Waals surface area contributed by atoms with Gasteiger partial charge in [0.1, 0.15) is 0 Å². The summed E-state index contributed by atoms with van der Waals surface area (Å²) in [6.07, 6.45) is 41.1. The minimum atomic E-state index is 1.01. The topological polar surface area (TPSA) is 0 Å². The third-order valence-corrected chi connectivity index (χ3v) is 8.24. The van der Waals surface area contributed by atoms with E-state index in [4.69, 9.17) is 0 Å². The summed E-state index contributed by atoms with van der Waals surface area (Å²) in [4.78, 5) is 0. The summed E-state index contributed by atoms with van der Waals surface area (Å²) in [7, 11) is 0. The summed E-state index contributed by atoms with van der Waals surface area (Å²) < 4.78 is 0. The normalized spacial score (nSPS) is 11.6. The third kappa shape index (κ3) is 28.6. The number of alkyl halides is 1. The van der Waals surface area contributed by atoms with Crippen LogP contribution < -0.4 is 0 Å². The van der Waals surface area contributed by atoms with Crippen molar-refractivity contribution in [2.45, 2.75) is 194 Å². The van der Waals surface area contributed by atoms with Gasteiger partial charge in [0.05, 0.1) is 0 Å². The van der Waals surface area contributed by atoms with Gasteiger partial charge in [-0.2, -0.15) is 0 Å². The van der Waals surface area contributed by atoms with E-state index in [1.54, 1.807) is 0 Å². The van der Waals surface area contributed by atoms with Crippen LogP contribution in [0.4, 0.5) is 0 Å². The first-order valence-corrected chi connectivity index (χ1v) is 17.0. The van der Waals surface area contributed by atoms with Crippen LogP contribution in [0.3, 0.4) is 0 Å². The van der Waals surface area contributed by atoms with E-state index in [1.807, 2.05) is 0 Å². The molecule has 0 aliphatic heterocycles. The van der Waals surface area contributed by atoms with Crippen LogP contribution in [-0.4, -0.2) is 5.33 Å². The van der Waals surface area contributed by atoms with Gasteiger partial charge in [-0.25, -0.2) is 0 Å². The summed E-state index contributed by atoms with van der Waals surface area (Å²) in [6, 6.07) is 0. The van der Waals surface area contributed by atoms with Gasteiger partial charge < -0.3 is 0 Å². The number of unbranched alkanes of at least 4 members (excludes halogenated alkanes) is 22. The lowest BCUT2D eigenvalue weighted by Gasteiger charge is -2.16. The Hall–Kier alpha value is 0.480. The van der Waals surface area contributed by atoms with Crippen LogP contribution in [0.1, 0.15) is 194 Å². The van der Waals surface area contributed by atoms with Gasteiger partial charge in [0, 0.05) is 5.33 Å². The van der Waals surface area contributed by atoms with E-state index < -0.39 is 0 Å². The Morgan fingerprint density at radius 2 is 0.576 bits per heavy atom. The van der Waals surface area contributed by atoms with E-state index in [0.717, 1.165) is 5.92 Å². The maximum absolute atomic E-state index is 3.66. The Kier molecular flexibility index (Phi) is 31.0. The minimum Gasteiger partial charge on any atom is -0.0928 e. The molecule has 0 saturated carbocycles. The summed E-state index contributed by atoms with van der Waals surface area (Å²) >= 11 is 3.66. The SMILES string of the molecule is CCCCCCCCCCCCCCC(CCCBr)CCCCCCCCCCCCCC. The van der Waals surface area contributed by atoms with E-state index in [1.165, 1.54) is 185 Å². The van der Waals surface area contributed by atoms with E-state index in [-0.39, 0.29) is 0 Å². The molecule has 0 N–H and O–H groups in total. The molecule has 0 aromatic heterocycles. The highest BCUT2D eigenvalue weighted by molar-refractivity contribution is 9.09. The van der Waals surface area contributed by atoms with Crippen molar-refractivity contribution >= 4 is 15.9 Å². The molecule has 0 heterocycles. The second kappa shape index (κ2) is 30.5. The molecule has 0 aliphatic carbocycles. The first-order chi connectivity index (χ1) is 16.3. The van der Waals surface area contributed by atoms with Crippen LogP contribution in [0.5, 0.6) is 0 Å². The van der Waals surface area contributed by atoms with Gasteiger partial charge in [-0.15, -0.1) is 0 Å². The maximum Gasteiger partial charge on any atom is 0.00314 e. The molecular formula is C32H65Br. The van der Waals surface area contributed by atoms with E-state index in [0.29, 0.717) is 0 Å². The number of hydrogen-bond acceptors (Lipinski definition) is 0. The highest BCUT2D eigenvalue weighted by Crippen LogP contribution is 2.24.